The predicted molar refractivity (Wildman–Crippen MR) is 92.4 cm³/mol. The molecular formula is C18H27N3O2. The average Bonchev–Trinajstić information content (AvgIpc) is 2.91. The topological polar surface area (TPSA) is 48.3 Å². The van der Waals surface area contributed by atoms with E-state index in [0.29, 0.717) is 0 Å². The molecule has 3 rings (SSSR count). The molecule has 1 N–H and O–H groups in total. The van der Waals surface area contributed by atoms with Crippen molar-refractivity contribution in [1.29, 1.82) is 0 Å². The summed E-state index contributed by atoms with van der Waals surface area (Å²) < 4.78 is 13.3. The number of hydrogen-bond acceptors (Lipinski definition) is 4. The molecule has 1 aliphatic rings. The van der Waals surface area contributed by atoms with Crippen LogP contribution in [0.3, 0.4) is 0 Å². The maximum atomic E-state index is 5.48. The van der Waals surface area contributed by atoms with E-state index in [0.717, 1.165) is 60.9 Å². The van der Waals surface area contributed by atoms with E-state index in [1.165, 1.54) is 18.7 Å². The highest BCUT2D eigenvalue weighted by atomic mass is 16.5. The van der Waals surface area contributed by atoms with Crippen molar-refractivity contribution in [3.05, 3.63) is 18.0 Å². The highest BCUT2D eigenvalue weighted by molar-refractivity contribution is 5.80. The van der Waals surface area contributed by atoms with E-state index in [4.69, 9.17) is 14.5 Å². The third-order valence-electron chi connectivity index (χ3n) is 4.71. The Morgan fingerprint density at radius 2 is 1.87 bits per heavy atom. The lowest BCUT2D eigenvalue weighted by Crippen LogP contribution is -2.30. The molecule has 1 fully saturated rings. The van der Waals surface area contributed by atoms with E-state index >= 15 is 0 Å². The number of nitrogens with zero attached hydrogens (tertiary/aromatic N) is 2. The number of methoxy groups -OCH3 is 2. The summed E-state index contributed by atoms with van der Waals surface area (Å²) in [6.45, 7) is 5.49. The van der Waals surface area contributed by atoms with Gasteiger partial charge in [0.25, 0.3) is 0 Å². The van der Waals surface area contributed by atoms with Gasteiger partial charge in [0, 0.05) is 25.1 Å². The van der Waals surface area contributed by atoms with Crippen molar-refractivity contribution in [1.82, 2.24) is 14.9 Å². The molecule has 0 unspecified atom stereocenters. The first kappa shape index (κ1) is 16.1. The Labute approximate surface area is 138 Å². The molecule has 0 saturated carbocycles. The highest BCUT2D eigenvalue weighted by Gasteiger charge is 2.19. The van der Waals surface area contributed by atoms with E-state index in [1.54, 1.807) is 14.2 Å². The smallest absolute Gasteiger partial charge is 0.163 e. The summed E-state index contributed by atoms with van der Waals surface area (Å²) in [6.07, 6.45) is 4.57. The monoisotopic (exact) mass is 317 g/mol. The Balaban J connectivity index is 2.02. The number of nitrogens with one attached hydrogen (secondary N) is 1. The van der Waals surface area contributed by atoms with Crippen molar-refractivity contribution in [3.8, 4) is 11.5 Å². The molecule has 1 saturated heterocycles. The molecule has 0 aliphatic carbocycles. The molecule has 0 spiro atoms. The predicted octanol–water partition coefficient (Wildman–Crippen LogP) is 3.01. The fourth-order valence-corrected chi connectivity index (χ4v) is 3.44. The van der Waals surface area contributed by atoms with Crippen LogP contribution in [0.5, 0.6) is 11.5 Å². The summed E-state index contributed by atoms with van der Waals surface area (Å²) in [5, 5.41) is 3.44. The first-order chi connectivity index (χ1) is 11.3. The van der Waals surface area contributed by atoms with E-state index in [9.17, 15) is 0 Å². The minimum absolute atomic E-state index is 0.720. The lowest BCUT2D eigenvalue weighted by molar-refractivity contribution is 0.332. The van der Waals surface area contributed by atoms with Gasteiger partial charge in [-0.25, -0.2) is 4.98 Å². The van der Waals surface area contributed by atoms with Crippen LogP contribution in [0, 0.1) is 5.92 Å². The van der Waals surface area contributed by atoms with Crippen LogP contribution in [0.2, 0.25) is 0 Å². The maximum Gasteiger partial charge on any atom is 0.163 e. The van der Waals surface area contributed by atoms with Crippen molar-refractivity contribution in [3.63, 3.8) is 0 Å². The second-order valence-electron chi connectivity index (χ2n) is 6.28. The SMILES string of the molecule is CCCc1nc2cc(OC)c(OC)cc2n1CC1CCNCC1. The van der Waals surface area contributed by atoms with Crippen LogP contribution in [-0.4, -0.2) is 36.9 Å². The molecule has 2 heterocycles. The Morgan fingerprint density at radius 1 is 1.17 bits per heavy atom. The van der Waals surface area contributed by atoms with Crippen molar-refractivity contribution >= 4 is 11.0 Å². The molecule has 1 aromatic heterocycles. The van der Waals surface area contributed by atoms with Gasteiger partial charge >= 0.3 is 0 Å². The Hall–Kier alpha value is -1.75. The Bertz CT molecular complexity index is 660. The number of hydrogen-bond donors (Lipinski definition) is 1. The number of benzene rings is 1. The summed E-state index contributed by atoms with van der Waals surface area (Å²) >= 11 is 0. The van der Waals surface area contributed by atoms with Crippen molar-refractivity contribution in [2.75, 3.05) is 27.3 Å². The molecule has 23 heavy (non-hydrogen) atoms. The van der Waals surface area contributed by atoms with Crippen molar-refractivity contribution in [2.24, 2.45) is 5.92 Å². The van der Waals surface area contributed by atoms with Gasteiger partial charge in [0.05, 0.1) is 25.3 Å². The normalized spacial score (nSPS) is 16.0. The minimum Gasteiger partial charge on any atom is -0.493 e. The van der Waals surface area contributed by atoms with Crippen LogP contribution in [0.1, 0.15) is 32.0 Å². The first-order valence-electron chi connectivity index (χ1n) is 8.58. The molecule has 5 nitrogen and oxygen atoms in total. The van der Waals surface area contributed by atoms with Gasteiger partial charge < -0.3 is 19.4 Å². The largest absolute Gasteiger partial charge is 0.493 e. The molecule has 1 aromatic carbocycles. The lowest BCUT2D eigenvalue weighted by Gasteiger charge is -2.24. The zero-order chi connectivity index (χ0) is 16.2. The summed E-state index contributed by atoms with van der Waals surface area (Å²) in [6, 6.07) is 4.06. The zero-order valence-corrected chi connectivity index (χ0v) is 14.4. The average molecular weight is 317 g/mol. The third kappa shape index (κ3) is 3.29. The summed E-state index contributed by atoms with van der Waals surface area (Å²) in [4.78, 5) is 4.86. The van der Waals surface area contributed by atoms with Crippen LogP contribution >= 0.6 is 0 Å². The van der Waals surface area contributed by atoms with Crippen LogP contribution in [-0.2, 0) is 13.0 Å². The second kappa shape index (κ2) is 7.21. The number of imidazole rings is 1. The first-order valence-corrected chi connectivity index (χ1v) is 8.58. The van der Waals surface area contributed by atoms with Gasteiger partial charge in [0.2, 0.25) is 0 Å². The molecule has 2 aromatic rings. The van der Waals surface area contributed by atoms with E-state index < -0.39 is 0 Å². The van der Waals surface area contributed by atoms with Crippen molar-refractivity contribution in [2.45, 2.75) is 39.2 Å². The number of rotatable bonds is 6. The van der Waals surface area contributed by atoms with Gasteiger partial charge in [-0.3, -0.25) is 0 Å². The number of aryl methyl sites for hydroxylation is 1. The fraction of sp³-hybridized carbons (Fsp3) is 0.611. The van der Waals surface area contributed by atoms with E-state index in [2.05, 4.69) is 22.9 Å². The molecule has 1 aliphatic heterocycles. The summed E-state index contributed by atoms with van der Waals surface area (Å²) in [5.41, 5.74) is 2.16. The number of ether oxygens (including phenoxy) is 2. The van der Waals surface area contributed by atoms with E-state index in [-0.39, 0.29) is 0 Å². The zero-order valence-electron chi connectivity index (χ0n) is 14.4. The molecule has 0 amide bonds. The van der Waals surface area contributed by atoms with Crippen LogP contribution < -0.4 is 14.8 Å². The third-order valence-corrected chi connectivity index (χ3v) is 4.71. The molecular weight excluding hydrogens is 290 g/mol. The highest BCUT2D eigenvalue weighted by Crippen LogP contribution is 2.33. The van der Waals surface area contributed by atoms with Crippen LogP contribution in [0.15, 0.2) is 12.1 Å². The summed E-state index contributed by atoms with van der Waals surface area (Å²) in [5.74, 6) is 3.41. The van der Waals surface area contributed by atoms with Crippen LogP contribution in [0.4, 0.5) is 0 Å². The molecule has 0 atom stereocenters. The second-order valence-corrected chi connectivity index (χ2v) is 6.28. The Kier molecular flexibility index (Phi) is 5.06. The number of fused-ring (bicyclic) bond motifs is 1. The number of piperidine rings is 1. The van der Waals surface area contributed by atoms with Gasteiger partial charge in [0.1, 0.15) is 5.82 Å². The van der Waals surface area contributed by atoms with Gasteiger partial charge in [-0.1, -0.05) is 6.92 Å². The number of aromatic nitrogens is 2. The van der Waals surface area contributed by atoms with Gasteiger partial charge in [-0.2, -0.15) is 0 Å². The van der Waals surface area contributed by atoms with Crippen LogP contribution in [0.25, 0.3) is 11.0 Å². The van der Waals surface area contributed by atoms with E-state index in [1.807, 2.05) is 6.07 Å². The van der Waals surface area contributed by atoms with Crippen molar-refractivity contribution < 1.29 is 9.47 Å². The quantitative estimate of drug-likeness (QED) is 0.890. The fourth-order valence-electron chi connectivity index (χ4n) is 3.44. The Morgan fingerprint density at radius 3 is 2.52 bits per heavy atom. The van der Waals surface area contributed by atoms with Gasteiger partial charge in [-0.15, -0.1) is 0 Å². The maximum absolute atomic E-state index is 5.48. The van der Waals surface area contributed by atoms with Gasteiger partial charge in [0.15, 0.2) is 11.5 Å². The molecule has 0 radical (unpaired) electrons. The summed E-state index contributed by atoms with van der Waals surface area (Å²) in [7, 11) is 3.35. The standard InChI is InChI=1S/C18H27N3O2/c1-4-5-18-20-14-10-16(22-2)17(23-3)11-15(14)21(18)12-13-6-8-19-9-7-13/h10-11,13,19H,4-9,12H2,1-3H3. The van der Waals surface area contributed by atoms with Gasteiger partial charge in [-0.05, 0) is 38.3 Å². The molecule has 0 bridgehead atoms. The lowest BCUT2D eigenvalue weighted by atomic mass is 9.98. The minimum atomic E-state index is 0.720. The molecule has 5 heteroatoms. The molecule has 126 valence electrons.